The number of rotatable bonds is 2. The summed E-state index contributed by atoms with van der Waals surface area (Å²) in [7, 11) is 0. The summed E-state index contributed by atoms with van der Waals surface area (Å²) >= 11 is 1.73. The van der Waals surface area contributed by atoms with Crippen molar-refractivity contribution in [1.29, 1.82) is 0 Å². The Morgan fingerprint density at radius 1 is 1.25 bits per heavy atom. The number of aliphatic hydroxyl groups excluding tert-OH is 1. The summed E-state index contributed by atoms with van der Waals surface area (Å²) < 4.78 is 0. The molecule has 0 amide bonds. The fourth-order valence-electron chi connectivity index (χ4n) is 2.03. The number of thioether (sulfide) groups is 1. The molecular weight excluding hydrogens is 220 g/mol. The number of nitrogens with zero attached hydrogens (tertiary/aromatic N) is 1. The second kappa shape index (κ2) is 5.55. The maximum absolute atomic E-state index is 10.00. The molecule has 0 bridgehead atoms. The van der Waals surface area contributed by atoms with Crippen LogP contribution in [-0.4, -0.2) is 21.4 Å². The first-order valence-corrected chi connectivity index (χ1v) is 6.70. The summed E-state index contributed by atoms with van der Waals surface area (Å²) in [4.78, 5) is 5.17. The Morgan fingerprint density at radius 2 is 2.06 bits per heavy atom. The Hall–Kier alpha value is -0.740. The number of anilines is 1. The minimum Gasteiger partial charge on any atom is -0.392 e. The van der Waals surface area contributed by atoms with Gasteiger partial charge in [0.2, 0.25) is 0 Å². The van der Waals surface area contributed by atoms with Gasteiger partial charge in [0.25, 0.3) is 0 Å². The van der Waals surface area contributed by atoms with E-state index in [1.54, 1.807) is 18.0 Å². The molecule has 1 saturated carbocycles. The van der Waals surface area contributed by atoms with Crippen molar-refractivity contribution in [2.45, 2.75) is 48.4 Å². The highest BCUT2D eigenvalue weighted by Gasteiger charge is 2.22. The molecule has 0 spiro atoms. The largest absolute Gasteiger partial charge is 0.392 e. The Labute approximate surface area is 100 Å². The van der Waals surface area contributed by atoms with E-state index in [1.807, 2.05) is 12.1 Å². The van der Waals surface area contributed by atoms with Gasteiger partial charge in [-0.15, -0.1) is 11.8 Å². The number of hydrogen-bond acceptors (Lipinski definition) is 4. The molecule has 1 aliphatic carbocycles. The summed E-state index contributed by atoms with van der Waals surface area (Å²) in [5.74, 6) is 0.547. The Morgan fingerprint density at radius 3 is 2.81 bits per heavy atom. The Kier molecular flexibility index (Phi) is 4.07. The van der Waals surface area contributed by atoms with E-state index in [2.05, 4.69) is 4.98 Å². The molecule has 1 heterocycles. The van der Waals surface area contributed by atoms with E-state index in [1.165, 1.54) is 12.8 Å². The van der Waals surface area contributed by atoms with Crippen molar-refractivity contribution >= 4 is 17.6 Å². The normalized spacial score (nSPS) is 26.3. The van der Waals surface area contributed by atoms with Gasteiger partial charge in [0, 0.05) is 16.3 Å². The van der Waals surface area contributed by atoms with Crippen molar-refractivity contribution in [3.63, 3.8) is 0 Å². The Balaban J connectivity index is 1.99. The fourth-order valence-corrected chi connectivity index (χ4v) is 3.22. The van der Waals surface area contributed by atoms with Gasteiger partial charge in [0.1, 0.15) is 5.82 Å². The van der Waals surface area contributed by atoms with Crippen molar-refractivity contribution in [1.82, 2.24) is 4.98 Å². The van der Waals surface area contributed by atoms with Gasteiger partial charge in [-0.1, -0.05) is 19.3 Å². The number of aliphatic hydroxyl groups is 1. The van der Waals surface area contributed by atoms with Crippen LogP contribution in [-0.2, 0) is 0 Å². The molecule has 0 aliphatic heterocycles. The molecule has 88 valence electrons. The van der Waals surface area contributed by atoms with Crippen molar-refractivity contribution in [3.8, 4) is 0 Å². The van der Waals surface area contributed by atoms with Gasteiger partial charge in [-0.3, -0.25) is 0 Å². The van der Waals surface area contributed by atoms with Crippen LogP contribution < -0.4 is 5.73 Å². The molecule has 3 N–H and O–H groups in total. The SMILES string of the molecule is Nc1ccc(SC2CCCCCC2O)cn1. The number of nitrogens with two attached hydrogens (primary N) is 1. The molecule has 1 aromatic rings. The average Bonchev–Trinajstić information content (AvgIpc) is 2.48. The summed E-state index contributed by atoms with van der Waals surface area (Å²) in [6.07, 6.45) is 7.25. The van der Waals surface area contributed by atoms with Crippen LogP contribution in [0.2, 0.25) is 0 Å². The molecule has 1 aliphatic rings. The van der Waals surface area contributed by atoms with Crippen LogP contribution in [0.25, 0.3) is 0 Å². The molecule has 3 nitrogen and oxygen atoms in total. The summed E-state index contributed by atoms with van der Waals surface area (Å²) in [5.41, 5.74) is 5.54. The van der Waals surface area contributed by atoms with E-state index in [9.17, 15) is 5.11 Å². The van der Waals surface area contributed by atoms with Gasteiger partial charge >= 0.3 is 0 Å². The number of nitrogen functional groups attached to an aromatic ring is 1. The van der Waals surface area contributed by atoms with Crippen LogP contribution in [0.3, 0.4) is 0 Å². The van der Waals surface area contributed by atoms with Crippen molar-refractivity contribution in [3.05, 3.63) is 18.3 Å². The quantitative estimate of drug-likeness (QED) is 0.777. The molecule has 16 heavy (non-hydrogen) atoms. The van der Waals surface area contributed by atoms with E-state index in [-0.39, 0.29) is 6.10 Å². The molecule has 0 aromatic carbocycles. The van der Waals surface area contributed by atoms with Crippen molar-refractivity contribution < 1.29 is 5.11 Å². The van der Waals surface area contributed by atoms with Crippen LogP contribution in [0.5, 0.6) is 0 Å². The lowest BCUT2D eigenvalue weighted by molar-refractivity contribution is 0.163. The maximum atomic E-state index is 10.00. The average molecular weight is 238 g/mol. The van der Waals surface area contributed by atoms with Crippen LogP contribution in [0.4, 0.5) is 5.82 Å². The lowest BCUT2D eigenvalue weighted by Crippen LogP contribution is -2.21. The van der Waals surface area contributed by atoms with Gasteiger partial charge in [0.15, 0.2) is 0 Å². The predicted molar refractivity (Wildman–Crippen MR) is 67.4 cm³/mol. The standard InChI is InChI=1S/C12H18N2OS/c13-12-7-6-9(8-14-12)16-11-5-3-1-2-4-10(11)15/h6-8,10-11,15H,1-5H2,(H2,13,14). The third-order valence-electron chi connectivity index (χ3n) is 2.96. The number of aromatic nitrogens is 1. The first kappa shape index (κ1) is 11.7. The lowest BCUT2D eigenvalue weighted by atomic mass is 10.1. The van der Waals surface area contributed by atoms with E-state index < -0.39 is 0 Å². The summed E-state index contributed by atoms with van der Waals surface area (Å²) in [5, 5.41) is 10.3. The lowest BCUT2D eigenvalue weighted by Gasteiger charge is -2.19. The van der Waals surface area contributed by atoms with Crippen molar-refractivity contribution in [2.24, 2.45) is 0 Å². The molecule has 0 radical (unpaired) electrons. The minimum absolute atomic E-state index is 0.176. The fraction of sp³-hybridized carbons (Fsp3) is 0.583. The van der Waals surface area contributed by atoms with Gasteiger partial charge in [-0.05, 0) is 25.0 Å². The highest BCUT2D eigenvalue weighted by molar-refractivity contribution is 8.00. The molecule has 2 atom stereocenters. The summed E-state index contributed by atoms with van der Waals surface area (Å²) in [6.45, 7) is 0. The zero-order valence-corrected chi connectivity index (χ0v) is 10.1. The second-order valence-corrected chi connectivity index (χ2v) is 5.59. The molecule has 2 unspecified atom stereocenters. The smallest absolute Gasteiger partial charge is 0.123 e. The van der Waals surface area contributed by atoms with E-state index in [0.717, 1.165) is 24.2 Å². The van der Waals surface area contributed by atoms with Gasteiger partial charge in [-0.25, -0.2) is 4.98 Å². The van der Waals surface area contributed by atoms with Gasteiger partial charge in [-0.2, -0.15) is 0 Å². The van der Waals surface area contributed by atoms with Crippen LogP contribution in [0.1, 0.15) is 32.1 Å². The predicted octanol–water partition coefficient (Wildman–Crippen LogP) is 2.45. The minimum atomic E-state index is -0.176. The molecular formula is C12H18N2OS. The number of pyridine rings is 1. The van der Waals surface area contributed by atoms with Crippen LogP contribution in [0.15, 0.2) is 23.2 Å². The first-order chi connectivity index (χ1) is 7.75. The van der Waals surface area contributed by atoms with Crippen LogP contribution >= 0.6 is 11.8 Å². The summed E-state index contributed by atoms with van der Waals surface area (Å²) in [6, 6.07) is 3.79. The van der Waals surface area contributed by atoms with Gasteiger partial charge in [0.05, 0.1) is 6.10 Å². The molecule has 4 heteroatoms. The third-order valence-corrected chi connectivity index (χ3v) is 4.33. The molecule has 0 saturated heterocycles. The molecule has 1 aromatic heterocycles. The molecule has 1 fully saturated rings. The van der Waals surface area contributed by atoms with E-state index in [4.69, 9.17) is 5.73 Å². The highest BCUT2D eigenvalue weighted by Crippen LogP contribution is 2.32. The van der Waals surface area contributed by atoms with Crippen molar-refractivity contribution in [2.75, 3.05) is 5.73 Å². The zero-order valence-electron chi connectivity index (χ0n) is 9.30. The van der Waals surface area contributed by atoms with E-state index >= 15 is 0 Å². The molecule has 2 rings (SSSR count). The Bertz CT molecular complexity index is 328. The highest BCUT2D eigenvalue weighted by atomic mass is 32.2. The number of hydrogen-bond donors (Lipinski definition) is 2. The van der Waals surface area contributed by atoms with E-state index in [0.29, 0.717) is 11.1 Å². The second-order valence-electron chi connectivity index (χ2n) is 4.28. The van der Waals surface area contributed by atoms with Crippen LogP contribution in [0, 0.1) is 0 Å². The third kappa shape index (κ3) is 3.12. The first-order valence-electron chi connectivity index (χ1n) is 5.82. The monoisotopic (exact) mass is 238 g/mol. The zero-order chi connectivity index (χ0) is 11.4. The topological polar surface area (TPSA) is 59.1 Å². The van der Waals surface area contributed by atoms with Gasteiger partial charge < -0.3 is 10.8 Å². The maximum Gasteiger partial charge on any atom is 0.123 e.